The van der Waals surface area contributed by atoms with E-state index in [2.05, 4.69) is 25.4 Å². The number of hydrogen-bond acceptors (Lipinski definition) is 11. The lowest BCUT2D eigenvalue weighted by atomic mass is 9.99. The summed E-state index contributed by atoms with van der Waals surface area (Å²) < 4.78 is 41.6. The summed E-state index contributed by atoms with van der Waals surface area (Å²) in [5.74, 6) is 0.373. The summed E-state index contributed by atoms with van der Waals surface area (Å²) in [4.78, 5) is 26.1. The molecule has 1 fully saturated rings. The van der Waals surface area contributed by atoms with Crippen LogP contribution in [0.4, 0.5) is 10.2 Å². The maximum absolute atomic E-state index is 16.0. The van der Waals surface area contributed by atoms with Crippen molar-refractivity contribution in [1.82, 2.24) is 24.6 Å². The van der Waals surface area contributed by atoms with Crippen molar-refractivity contribution in [3.63, 3.8) is 0 Å². The van der Waals surface area contributed by atoms with Gasteiger partial charge in [-0.15, -0.1) is 11.6 Å². The monoisotopic (exact) mass is 708 g/mol. The zero-order chi connectivity index (χ0) is 34.1. The van der Waals surface area contributed by atoms with Crippen LogP contribution in [0.1, 0.15) is 39.7 Å². The van der Waals surface area contributed by atoms with E-state index in [1.54, 1.807) is 33.0 Å². The molecule has 0 radical (unpaired) electrons. The number of aliphatic hydroxyl groups is 1. The number of benzene rings is 2. The van der Waals surface area contributed by atoms with Crippen molar-refractivity contribution in [2.75, 3.05) is 31.5 Å². The van der Waals surface area contributed by atoms with Gasteiger partial charge in [-0.1, -0.05) is 57.2 Å². The molecule has 3 heterocycles. The highest BCUT2D eigenvalue weighted by Crippen LogP contribution is 2.50. The summed E-state index contributed by atoms with van der Waals surface area (Å²) in [7, 11) is 1.69. The van der Waals surface area contributed by atoms with Crippen molar-refractivity contribution in [2.24, 2.45) is 5.41 Å². The topological polar surface area (TPSA) is 142 Å². The Bertz CT molecular complexity index is 1800. The fraction of sp³-hybridized carbons (Fsp3) is 0.484. The summed E-state index contributed by atoms with van der Waals surface area (Å²) in [6, 6.07) is 12.1. The second kappa shape index (κ2) is 13.9. The fourth-order valence-corrected chi connectivity index (χ4v) is 7.82. The van der Waals surface area contributed by atoms with Gasteiger partial charge >= 0.3 is 12.6 Å². The lowest BCUT2D eigenvalue weighted by Crippen LogP contribution is -2.48. The van der Waals surface area contributed by atoms with Crippen LogP contribution in [0.25, 0.3) is 21.9 Å². The zero-order valence-corrected chi connectivity index (χ0v) is 29.4. The number of imidazole rings is 1. The quantitative estimate of drug-likeness (QED) is 0.0983. The summed E-state index contributed by atoms with van der Waals surface area (Å²) in [6.07, 6.45) is -3.66. The van der Waals surface area contributed by atoms with Gasteiger partial charge in [0.05, 0.1) is 25.4 Å². The first-order valence-corrected chi connectivity index (χ1v) is 18.2. The van der Waals surface area contributed by atoms with Gasteiger partial charge in [0.25, 0.3) is 0 Å². The number of alkyl halides is 2. The van der Waals surface area contributed by atoms with E-state index in [0.717, 1.165) is 10.8 Å². The normalized spacial score (nSPS) is 23.5. The van der Waals surface area contributed by atoms with Gasteiger partial charge in [-0.05, 0) is 42.5 Å². The van der Waals surface area contributed by atoms with Crippen LogP contribution >= 0.6 is 18.2 Å². The Morgan fingerprint density at radius 1 is 1.26 bits per heavy atom. The molecule has 16 heteroatoms. The Morgan fingerprint density at radius 2 is 1.98 bits per heavy atom. The summed E-state index contributed by atoms with van der Waals surface area (Å²) in [5, 5.41) is 18.9. The molecule has 47 heavy (non-hydrogen) atoms. The van der Waals surface area contributed by atoms with Crippen LogP contribution in [-0.2, 0) is 30.6 Å². The molecular weight excluding hydrogens is 670 g/mol. The van der Waals surface area contributed by atoms with Crippen LogP contribution in [-0.4, -0.2) is 80.7 Å². The van der Waals surface area contributed by atoms with Gasteiger partial charge in [-0.2, -0.15) is 0 Å². The zero-order valence-electron chi connectivity index (χ0n) is 26.9. The van der Waals surface area contributed by atoms with E-state index in [4.69, 9.17) is 41.9 Å². The molecule has 2 aromatic carbocycles. The number of aliphatic hydroxyl groups excluding tert-OH is 1. The largest absolute Gasteiger partial charge is 0.464 e. The van der Waals surface area contributed by atoms with Crippen LogP contribution in [0, 0.1) is 12.3 Å². The SMILES string of the molecule is CNc1nc(C)nc2c1ncn2[C@@H]1O[C@](CCl)(CO[P@](=S)(N[C@@H](C)C(=O)OCC(C)(C)C)Oc2cccc3ccccc23)[C@@H](O)[C@@H]1F. The number of halogens is 2. The van der Waals surface area contributed by atoms with Gasteiger partial charge in [0.15, 0.2) is 29.4 Å². The van der Waals surface area contributed by atoms with Crippen molar-refractivity contribution in [1.29, 1.82) is 0 Å². The number of carbonyl (C=O) groups excluding carboxylic acids is 1. The number of rotatable bonds is 12. The average molecular weight is 709 g/mol. The molecule has 0 spiro atoms. The van der Waals surface area contributed by atoms with Crippen LogP contribution in [0.5, 0.6) is 5.75 Å². The standard InChI is InChI=1S/C31H39ClFN6O6PS/c1-18(29(41)42-15-30(3,4)5)38-46(47,45-22-13-9-11-20-10-7-8-12-21(20)22)43-16-31(14-32)25(40)23(33)28(44-31)39-17-35-24-26(34-6)36-19(2)37-27(24)39/h7-13,17-18,23,25,28,40H,14-16H2,1-6H3,(H,38,47)(H,34,36,37)/t18-,23-,25-,28+,31+,46+/m0/s1. The Hall–Kier alpha value is -2.97. The molecule has 5 rings (SSSR count). The van der Waals surface area contributed by atoms with Crippen LogP contribution in [0.2, 0.25) is 0 Å². The molecule has 1 aliphatic heterocycles. The third-order valence-corrected chi connectivity index (χ3v) is 10.5. The van der Waals surface area contributed by atoms with Gasteiger partial charge in [0, 0.05) is 12.4 Å². The number of fused-ring (bicyclic) bond motifs is 2. The molecule has 2 aromatic heterocycles. The molecule has 0 aliphatic carbocycles. The van der Waals surface area contributed by atoms with E-state index in [0.29, 0.717) is 28.6 Å². The number of esters is 1. The fourth-order valence-electron chi connectivity index (χ4n) is 5.08. The van der Waals surface area contributed by atoms with Crippen LogP contribution < -0.4 is 14.9 Å². The molecule has 0 unspecified atom stereocenters. The number of ether oxygens (including phenoxy) is 2. The van der Waals surface area contributed by atoms with Gasteiger partial charge < -0.3 is 28.9 Å². The number of hydrogen-bond donors (Lipinski definition) is 3. The molecule has 0 bridgehead atoms. The van der Waals surface area contributed by atoms with Gasteiger partial charge in [0.2, 0.25) is 0 Å². The second-order valence-electron chi connectivity index (χ2n) is 12.6. The number of anilines is 1. The number of nitrogens with one attached hydrogen (secondary N) is 2. The molecule has 0 amide bonds. The second-order valence-corrected chi connectivity index (χ2v) is 16.1. The maximum atomic E-state index is 16.0. The van der Waals surface area contributed by atoms with Crippen molar-refractivity contribution < 1.29 is 32.8 Å². The van der Waals surface area contributed by atoms with E-state index < -0.39 is 49.4 Å². The van der Waals surface area contributed by atoms with E-state index in [1.165, 1.54) is 10.9 Å². The van der Waals surface area contributed by atoms with E-state index in [1.807, 2.05) is 51.1 Å². The lowest BCUT2D eigenvalue weighted by molar-refractivity contribution is -0.148. The highest BCUT2D eigenvalue weighted by atomic mass is 35.5. The Kier molecular flexibility index (Phi) is 10.4. The number of carbonyl (C=O) groups is 1. The van der Waals surface area contributed by atoms with E-state index >= 15 is 4.39 Å². The maximum Gasteiger partial charge on any atom is 0.323 e. The smallest absolute Gasteiger partial charge is 0.323 e. The van der Waals surface area contributed by atoms with Gasteiger partial charge in [-0.3, -0.25) is 9.36 Å². The third kappa shape index (κ3) is 7.54. The van der Waals surface area contributed by atoms with Crippen LogP contribution in [0.3, 0.4) is 0 Å². The first kappa shape index (κ1) is 35.3. The van der Waals surface area contributed by atoms with Crippen molar-refractivity contribution in [3.05, 3.63) is 54.6 Å². The number of aryl methyl sites for hydroxylation is 1. The summed E-state index contributed by atoms with van der Waals surface area (Å²) >= 11 is 12.3. The third-order valence-electron chi connectivity index (χ3n) is 7.54. The predicted octanol–water partition coefficient (Wildman–Crippen LogP) is 5.42. The molecule has 254 valence electrons. The van der Waals surface area contributed by atoms with Gasteiger partial charge in [-0.25, -0.2) is 24.4 Å². The minimum atomic E-state index is -3.65. The number of nitrogens with zero attached hydrogens (tertiary/aromatic N) is 4. The molecule has 1 saturated heterocycles. The lowest BCUT2D eigenvalue weighted by Gasteiger charge is -2.33. The van der Waals surface area contributed by atoms with E-state index in [-0.39, 0.29) is 17.9 Å². The molecule has 12 nitrogen and oxygen atoms in total. The first-order valence-electron chi connectivity index (χ1n) is 15.0. The van der Waals surface area contributed by atoms with Crippen molar-refractivity contribution in [3.8, 4) is 5.75 Å². The Morgan fingerprint density at radius 3 is 2.68 bits per heavy atom. The highest BCUT2D eigenvalue weighted by molar-refractivity contribution is 8.09. The molecule has 3 N–H and O–H groups in total. The highest BCUT2D eigenvalue weighted by Gasteiger charge is 2.57. The van der Waals surface area contributed by atoms with Crippen molar-refractivity contribution >= 4 is 63.8 Å². The molecule has 6 atom stereocenters. The predicted molar refractivity (Wildman–Crippen MR) is 182 cm³/mol. The van der Waals surface area contributed by atoms with Crippen molar-refractivity contribution in [2.45, 2.75) is 64.8 Å². The first-order chi connectivity index (χ1) is 22.2. The van der Waals surface area contributed by atoms with Gasteiger partial charge in [0.1, 0.15) is 29.3 Å². The molecule has 1 aliphatic rings. The average Bonchev–Trinajstić information content (AvgIpc) is 3.56. The molecule has 0 saturated carbocycles. The Labute approximate surface area is 282 Å². The summed E-state index contributed by atoms with van der Waals surface area (Å²) in [6.45, 7) is 5.17. The van der Waals surface area contributed by atoms with E-state index in [9.17, 15) is 9.90 Å². The molecular formula is C31H39ClFN6O6PS. The minimum absolute atomic E-state index is 0.184. The minimum Gasteiger partial charge on any atom is -0.464 e. The Balaban J connectivity index is 1.44. The number of aromatic nitrogens is 4. The van der Waals surface area contributed by atoms with Crippen LogP contribution in [0.15, 0.2) is 48.8 Å². The summed E-state index contributed by atoms with van der Waals surface area (Å²) in [5.41, 5.74) is -1.31. The molecule has 4 aromatic rings.